The molecule has 28 heavy (non-hydrogen) atoms. The van der Waals surface area contributed by atoms with Gasteiger partial charge >= 0.3 is 0 Å². The van der Waals surface area contributed by atoms with Gasteiger partial charge in [-0.15, -0.1) is 0 Å². The van der Waals surface area contributed by atoms with Crippen molar-refractivity contribution < 1.29 is 23.7 Å². The zero-order chi connectivity index (χ0) is 20.1. The lowest BCUT2D eigenvalue weighted by molar-refractivity contribution is -0.116. The first kappa shape index (κ1) is 19.6. The van der Waals surface area contributed by atoms with Crippen LogP contribution in [-0.4, -0.2) is 33.5 Å². The Balaban J connectivity index is 1.61. The summed E-state index contributed by atoms with van der Waals surface area (Å²) in [6.07, 6.45) is 3.25. The summed E-state index contributed by atoms with van der Waals surface area (Å²) in [5.74, 6) is 2.60. The van der Waals surface area contributed by atoms with Gasteiger partial charge in [0.05, 0.1) is 14.2 Å². The zero-order valence-electron chi connectivity index (χ0n) is 16.6. The minimum atomic E-state index is -0.256. The van der Waals surface area contributed by atoms with Gasteiger partial charge in [-0.25, -0.2) is 0 Å². The molecule has 1 aliphatic rings. The monoisotopic (exact) mass is 383 g/mol. The number of ether oxygens (including phenoxy) is 4. The molecular formula is C22H25NO5. The number of hydrogen-bond donors (Lipinski definition) is 1. The Labute approximate surface area is 165 Å². The summed E-state index contributed by atoms with van der Waals surface area (Å²) in [7, 11) is 3.17. The van der Waals surface area contributed by atoms with Crippen molar-refractivity contribution in [2.24, 2.45) is 0 Å². The molecule has 0 aromatic heterocycles. The molecule has 0 saturated carbocycles. The quantitative estimate of drug-likeness (QED) is 0.741. The molecular weight excluding hydrogens is 358 g/mol. The molecule has 0 atom stereocenters. The van der Waals surface area contributed by atoms with E-state index >= 15 is 0 Å². The smallest absolute Gasteiger partial charge is 0.244 e. The van der Waals surface area contributed by atoms with Crippen molar-refractivity contribution in [3.8, 4) is 23.0 Å². The van der Waals surface area contributed by atoms with Crippen LogP contribution in [0.25, 0.3) is 6.08 Å². The van der Waals surface area contributed by atoms with E-state index in [9.17, 15) is 4.79 Å². The number of carbonyl (C=O) groups excluding carboxylic acids is 1. The topological polar surface area (TPSA) is 66.0 Å². The first-order valence-corrected chi connectivity index (χ1v) is 9.01. The Morgan fingerprint density at radius 2 is 1.82 bits per heavy atom. The van der Waals surface area contributed by atoms with E-state index in [0.717, 1.165) is 22.6 Å². The lowest BCUT2D eigenvalue weighted by Crippen LogP contribution is -2.35. The molecule has 0 spiro atoms. The van der Waals surface area contributed by atoms with E-state index in [-0.39, 0.29) is 18.1 Å². The fraction of sp³-hybridized carbons (Fsp3) is 0.318. The minimum absolute atomic E-state index is 0.163. The van der Waals surface area contributed by atoms with Gasteiger partial charge in [-0.05, 0) is 41.5 Å². The van der Waals surface area contributed by atoms with Gasteiger partial charge in [-0.3, -0.25) is 4.79 Å². The van der Waals surface area contributed by atoms with E-state index in [2.05, 4.69) is 19.2 Å². The van der Waals surface area contributed by atoms with Crippen molar-refractivity contribution >= 4 is 12.0 Å². The van der Waals surface area contributed by atoms with Gasteiger partial charge in [-0.1, -0.05) is 26.0 Å². The maximum Gasteiger partial charge on any atom is 0.244 e. The van der Waals surface area contributed by atoms with Crippen molar-refractivity contribution in [1.82, 2.24) is 5.32 Å². The Hall–Kier alpha value is -3.15. The Morgan fingerprint density at radius 1 is 1.07 bits per heavy atom. The van der Waals surface area contributed by atoms with Crippen molar-refractivity contribution in [1.29, 1.82) is 0 Å². The fourth-order valence-corrected chi connectivity index (χ4v) is 2.91. The third-order valence-electron chi connectivity index (χ3n) is 4.69. The van der Waals surface area contributed by atoms with Crippen molar-refractivity contribution in [2.75, 3.05) is 27.6 Å². The largest absolute Gasteiger partial charge is 0.493 e. The van der Waals surface area contributed by atoms with Gasteiger partial charge in [-0.2, -0.15) is 0 Å². The van der Waals surface area contributed by atoms with E-state index in [0.29, 0.717) is 18.0 Å². The van der Waals surface area contributed by atoms with E-state index in [4.69, 9.17) is 18.9 Å². The van der Waals surface area contributed by atoms with Gasteiger partial charge in [0.2, 0.25) is 12.7 Å². The zero-order valence-corrected chi connectivity index (χ0v) is 16.6. The third kappa shape index (κ3) is 4.39. The van der Waals surface area contributed by atoms with Gasteiger partial charge in [0.15, 0.2) is 23.0 Å². The average molecular weight is 383 g/mol. The number of amides is 1. The highest BCUT2D eigenvalue weighted by molar-refractivity contribution is 5.91. The van der Waals surface area contributed by atoms with Crippen LogP contribution in [0.5, 0.6) is 23.0 Å². The van der Waals surface area contributed by atoms with Crippen LogP contribution in [0.4, 0.5) is 0 Å². The standard InChI is InChI=1S/C22H25NO5/c1-22(2,16-7-9-18-20(12-16)28-14-27-18)13-23-21(24)10-6-15-5-8-17(25-3)19(11-15)26-4/h5-12H,13-14H2,1-4H3,(H,23,24)/b10-6+. The van der Waals surface area contributed by atoms with Crippen LogP contribution in [0, 0.1) is 0 Å². The average Bonchev–Trinajstić information content (AvgIpc) is 3.18. The SMILES string of the molecule is COc1ccc(/C=C/C(=O)NCC(C)(C)c2ccc3c(c2)OCO3)cc1OC. The van der Waals surface area contributed by atoms with E-state index in [1.807, 2.05) is 30.3 Å². The molecule has 1 N–H and O–H groups in total. The maximum atomic E-state index is 12.3. The number of carbonyl (C=O) groups is 1. The summed E-state index contributed by atoms with van der Waals surface area (Å²) in [5.41, 5.74) is 1.66. The lowest BCUT2D eigenvalue weighted by atomic mass is 9.84. The highest BCUT2D eigenvalue weighted by Gasteiger charge is 2.24. The van der Waals surface area contributed by atoms with Gasteiger partial charge in [0.1, 0.15) is 0 Å². The first-order chi connectivity index (χ1) is 13.4. The molecule has 0 unspecified atom stereocenters. The predicted octanol–water partition coefficient (Wildman–Crippen LogP) is 3.54. The summed E-state index contributed by atoms with van der Waals surface area (Å²) < 4.78 is 21.3. The number of fused-ring (bicyclic) bond motifs is 1. The predicted molar refractivity (Wildman–Crippen MR) is 107 cm³/mol. The number of hydrogen-bond acceptors (Lipinski definition) is 5. The molecule has 1 amide bonds. The summed E-state index contributed by atoms with van der Waals surface area (Å²) in [6, 6.07) is 11.4. The van der Waals surface area contributed by atoms with Crippen LogP contribution in [0.1, 0.15) is 25.0 Å². The molecule has 0 aliphatic carbocycles. The van der Waals surface area contributed by atoms with Crippen molar-refractivity contribution in [3.63, 3.8) is 0 Å². The molecule has 2 aromatic rings. The van der Waals surface area contributed by atoms with Crippen molar-refractivity contribution in [3.05, 3.63) is 53.6 Å². The maximum absolute atomic E-state index is 12.3. The lowest BCUT2D eigenvalue weighted by Gasteiger charge is -2.25. The van der Waals surface area contributed by atoms with Crippen LogP contribution in [0.2, 0.25) is 0 Å². The molecule has 6 nitrogen and oxygen atoms in total. The Kier molecular flexibility index (Phi) is 5.78. The summed E-state index contributed by atoms with van der Waals surface area (Å²) in [6.45, 7) is 4.88. The summed E-state index contributed by atoms with van der Waals surface area (Å²) >= 11 is 0. The van der Waals surface area contributed by atoms with E-state index in [1.54, 1.807) is 26.4 Å². The van der Waals surface area contributed by atoms with E-state index in [1.165, 1.54) is 6.08 Å². The van der Waals surface area contributed by atoms with Gasteiger partial charge < -0.3 is 24.3 Å². The molecule has 2 aromatic carbocycles. The Bertz CT molecular complexity index is 888. The molecule has 0 fully saturated rings. The molecule has 1 heterocycles. The highest BCUT2D eigenvalue weighted by atomic mass is 16.7. The molecule has 0 saturated heterocycles. The Morgan fingerprint density at radius 3 is 2.57 bits per heavy atom. The number of benzene rings is 2. The molecule has 1 aliphatic heterocycles. The highest BCUT2D eigenvalue weighted by Crippen LogP contribution is 2.36. The van der Waals surface area contributed by atoms with E-state index < -0.39 is 0 Å². The second-order valence-corrected chi connectivity index (χ2v) is 7.12. The number of methoxy groups -OCH3 is 2. The normalized spacial score (nSPS) is 12.9. The second kappa shape index (κ2) is 8.25. The van der Waals surface area contributed by atoms with Gasteiger partial charge in [0, 0.05) is 18.0 Å². The van der Waals surface area contributed by atoms with Crippen LogP contribution in [0.15, 0.2) is 42.5 Å². The van der Waals surface area contributed by atoms with Gasteiger partial charge in [0.25, 0.3) is 0 Å². The first-order valence-electron chi connectivity index (χ1n) is 9.01. The minimum Gasteiger partial charge on any atom is -0.493 e. The van der Waals surface area contributed by atoms with Crippen LogP contribution in [-0.2, 0) is 10.2 Å². The molecule has 148 valence electrons. The molecule has 3 rings (SSSR count). The summed E-state index contributed by atoms with van der Waals surface area (Å²) in [4.78, 5) is 12.3. The van der Waals surface area contributed by atoms with Crippen LogP contribution < -0.4 is 24.3 Å². The van der Waals surface area contributed by atoms with Crippen molar-refractivity contribution in [2.45, 2.75) is 19.3 Å². The molecule has 0 bridgehead atoms. The molecule has 0 radical (unpaired) electrons. The summed E-state index contributed by atoms with van der Waals surface area (Å²) in [5, 5.41) is 2.96. The van der Waals surface area contributed by atoms with Crippen LogP contribution in [0.3, 0.4) is 0 Å². The van der Waals surface area contributed by atoms with Crippen LogP contribution >= 0.6 is 0 Å². The molecule has 6 heteroatoms. The number of rotatable bonds is 7. The fourth-order valence-electron chi connectivity index (χ4n) is 2.91. The second-order valence-electron chi connectivity index (χ2n) is 7.12. The number of nitrogens with one attached hydrogen (secondary N) is 1. The third-order valence-corrected chi connectivity index (χ3v) is 4.69.